The first-order valence-electron chi connectivity index (χ1n) is 9.58. The van der Waals surface area contributed by atoms with Gasteiger partial charge in [0.1, 0.15) is 12.4 Å². The van der Waals surface area contributed by atoms with E-state index in [2.05, 4.69) is 46.7 Å². The van der Waals surface area contributed by atoms with Crippen molar-refractivity contribution in [3.63, 3.8) is 0 Å². The van der Waals surface area contributed by atoms with E-state index in [0.717, 1.165) is 16.9 Å². The Morgan fingerprint density at radius 3 is 2.70 bits per heavy atom. The lowest BCUT2D eigenvalue weighted by Gasteiger charge is -2.14. The number of carbonyl (C=O) groups is 1. The van der Waals surface area contributed by atoms with Gasteiger partial charge in [-0.05, 0) is 43.9 Å². The zero-order chi connectivity index (χ0) is 21.8. The largest absolute Gasteiger partial charge is 0.485 e. The standard InChI is InChI=1S/C20H26N6O3S/c1-11(2)15-7-6-12(3)8-16(15)28-10-17-23-24-20(26(17)21)30-14(5)19(27)22-18-9-13(4)25-29-18/h6-9,11,14H,10,21H2,1-5H3,(H,22,27). The van der Waals surface area contributed by atoms with E-state index >= 15 is 0 Å². The Morgan fingerprint density at radius 1 is 1.27 bits per heavy atom. The van der Waals surface area contributed by atoms with Gasteiger partial charge in [0.2, 0.25) is 16.9 Å². The Hall–Kier alpha value is -3.01. The zero-order valence-electron chi connectivity index (χ0n) is 17.7. The van der Waals surface area contributed by atoms with E-state index in [1.807, 2.05) is 13.0 Å². The number of nitrogens with zero attached hydrogens (tertiary/aromatic N) is 4. The molecule has 10 heteroatoms. The summed E-state index contributed by atoms with van der Waals surface area (Å²) >= 11 is 1.19. The second-order valence-electron chi connectivity index (χ2n) is 7.34. The lowest BCUT2D eigenvalue weighted by molar-refractivity contribution is -0.115. The highest BCUT2D eigenvalue weighted by atomic mass is 32.2. The van der Waals surface area contributed by atoms with Crippen molar-refractivity contribution >= 4 is 23.6 Å². The van der Waals surface area contributed by atoms with Crippen molar-refractivity contribution in [1.82, 2.24) is 20.0 Å². The van der Waals surface area contributed by atoms with Crippen molar-refractivity contribution in [3.05, 3.63) is 46.9 Å². The summed E-state index contributed by atoms with van der Waals surface area (Å²) < 4.78 is 12.3. The number of hydrogen-bond acceptors (Lipinski definition) is 8. The van der Waals surface area contributed by atoms with E-state index in [9.17, 15) is 4.79 Å². The van der Waals surface area contributed by atoms with Crippen molar-refractivity contribution in [2.24, 2.45) is 0 Å². The molecule has 2 aromatic heterocycles. The zero-order valence-corrected chi connectivity index (χ0v) is 18.5. The van der Waals surface area contributed by atoms with Crippen LogP contribution in [0.25, 0.3) is 0 Å². The number of nitrogens with two attached hydrogens (primary N) is 1. The van der Waals surface area contributed by atoms with E-state index < -0.39 is 5.25 Å². The van der Waals surface area contributed by atoms with Crippen molar-refractivity contribution in [2.45, 2.75) is 57.5 Å². The van der Waals surface area contributed by atoms with Gasteiger partial charge in [0.05, 0.1) is 10.9 Å². The summed E-state index contributed by atoms with van der Waals surface area (Å²) in [5, 5.41) is 14.6. The monoisotopic (exact) mass is 430 g/mol. The van der Waals surface area contributed by atoms with Gasteiger partial charge in [-0.3, -0.25) is 10.1 Å². The van der Waals surface area contributed by atoms with Gasteiger partial charge in [-0.1, -0.05) is 42.9 Å². The summed E-state index contributed by atoms with van der Waals surface area (Å²) in [5.74, 6) is 7.77. The molecule has 0 radical (unpaired) electrons. The molecule has 2 heterocycles. The van der Waals surface area contributed by atoms with Crippen molar-refractivity contribution < 1.29 is 14.1 Å². The van der Waals surface area contributed by atoms with Crippen LogP contribution >= 0.6 is 11.8 Å². The van der Waals surface area contributed by atoms with Gasteiger partial charge >= 0.3 is 0 Å². The summed E-state index contributed by atoms with van der Waals surface area (Å²) in [6, 6.07) is 7.78. The van der Waals surface area contributed by atoms with Crippen LogP contribution in [0.1, 0.15) is 49.3 Å². The van der Waals surface area contributed by atoms with Crippen molar-refractivity contribution in [2.75, 3.05) is 11.2 Å². The van der Waals surface area contributed by atoms with Crippen LogP contribution in [0, 0.1) is 13.8 Å². The predicted molar refractivity (Wildman–Crippen MR) is 115 cm³/mol. The van der Waals surface area contributed by atoms with Gasteiger partial charge in [-0.25, -0.2) is 4.68 Å². The number of ether oxygens (including phenoxy) is 1. The molecule has 0 bridgehead atoms. The van der Waals surface area contributed by atoms with E-state index in [1.165, 1.54) is 16.4 Å². The van der Waals surface area contributed by atoms with Crippen LogP contribution in [0.5, 0.6) is 5.75 Å². The molecule has 0 saturated heterocycles. The van der Waals surface area contributed by atoms with Gasteiger partial charge in [0, 0.05) is 6.07 Å². The summed E-state index contributed by atoms with van der Waals surface area (Å²) in [6.07, 6.45) is 0. The van der Waals surface area contributed by atoms with Gasteiger partial charge in [-0.15, -0.1) is 10.2 Å². The van der Waals surface area contributed by atoms with E-state index in [-0.39, 0.29) is 12.5 Å². The maximum atomic E-state index is 12.3. The Morgan fingerprint density at radius 2 is 2.03 bits per heavy atom. The molecule has 160 valence electrons. The summed E-state index contributed by atoms with van der Waals surface area (Å²) in [5.41, 5.74) is 2.92. The first-order chi connectivity index (χ1) is 14.2. The third kappa shape index (κ3) is 5.12. The molecule has 0 aliphatic carbocycles. The molecule has 30 heavy (non-hydrogen) atoms. The fourth-order valence-corrected chi connectivity index (χ4v) is 3.52. The number of rotatable bonds is 8. The number of carbonyl (C=O) groups excluding carboxylic acids is 1. The molecule has 0 saturated carbocycles. The summed E-state index contributed by atoms with van der Waals surface area (Å²) in [7, 11) is 0. The molecule has 1 amide bonds. The number of nitrogen functional groups attached to an aromatic ring is 1. The van der Waals surface area contributed by atoms with E-state index in [0.29, 0.717) is 28.5 Å². The number of thioether (sulfide) groups is 1. The van der Waals surface area contributed by atoms with Gasteiger partial charge in [0.15, 0.2) is 5.82 Å². The number of hydrogen-bond donors (Lipinski definition) is 2. The molecule has 1 aromatic carbocycles. The Bertz CT molecular complexity index is 1030. The minimum Gasteiger partial charge on any atom is -0.485 e. The quantitative estimate of drug-likeness (QED) is 0.412. The molecule has 0 fully saturated rings. The third-order valence-corrected chi connectivity index (χ3v) is 5.47. The molecule has 0 spiro atoms. The SMILES string of the molecule is Cc1ccc(C(C)C)c(OCc2nnc(SC(C)C(=O)Nc3cc(C)no3)n2N)c1. The Kier molecular flexibility index (Phi) is 6.66. The summed E-state index contributed by atoms with van der Waals surface area (Å²) in [4.78, 5) is 12.3. The highest BCUT2D eigenvalue weighted by Gasteiger charge is 2.21. The Labute approximate surface area is 179 Å². The number of nitrogens with one attached hydrogen (secondary N) is 1. The fourth-order valence-electron chi connectivity index (χ4n) is 2.73. The van der Waals surface area contributed by atoms with Gasteiger partial charge in [0.25, 0.3) is 0 Å². The lowest BCUT2D eigenvalue weighted by atomic mass is 10.0. The van der Waals surface area contributed by atoms with Crippen LogP contribution in [0.15, 0.2) is 33.9 Å². The van der Waals surface area contributed by atoms with Crippen molar-refractivity contribution in [3.8, 4) is 5.75 Å². The van der Waals surface area contributed by atoms with Gasteiger partial charge in [-0.2, -0.15) is 0 Å². The highest BCUT2D eigenvalue weighted by Crippen LogP contribution is 2.28. The number of anilines is 1. The average molecular weight is 431 g/mol. The van der Waals surface area contributed by atoms with E-state index in [4.69, 9.17) is 15.1 Å². The first-order valence-corrected chi connectivity index (χ1v) is 10.5. The van der Waals surface area contributed by atoms with E-state index in [1.54, 1.807) is 19.9 Å². The average Bonchev–Trinajstić information content (AvgIpc) is 3.25. The molecule has 1 unspecified atom stereocenters. The molecular formula is C20H26N6O3S. The predicted octanol–water partition coefficient (Wildman–Crippen LogP) is 3.42. The fraction of sp³-hybridized carbons (Fsp3) is 0.400. The van der Waals surface area contributed by atoms with Crippen LogP contribution in [-0.4, -0.2) is 31.2 Å². The maximum absolute atomic E-state index is 12.3. The Balaban J connectivity index is 1.63. The first kappa shape index (κ1) is 21.7. The van der Waals surface area contributed by atoms with Crippen molar-refractivity contribution in [1.29, 1.82) is 0 Å². The molecule has 0 aliphatic rings. The highest BCUT2D eigenvalue weighted by molar-refractivity contribution is 8.00. The molecule has 3 rings (SSSR count). The topological polar surface area (TPSA) is 121 Å². The third-order valence-electron chi connectivity index (χ3n) is 4.41. The number of benzene rings is 1. The maximum Gasteiger partial charge on any atom is 0.240 e. The molecular weight excluding hydrogens is 404 g/mol. The normalized spacial score (nSPS) is 12.2. The number of amides is 1. The number of aryl methyl sites for hydroxylation is 2. The lowest BCUT2D eigenvalue weighted by Crippen LogP contribution is -2.23. The second kappa shape index (κ2) is 9.21. The van der Waals surface area contributed by atoms with Crippen LogP contribution in [-0.2, 0) is 11.4 Å². The minimum absolute atomic E-state index is 0.172. The molecule has 9 nitrogen and oxygen atoms in total. The molecule has 1 atom stereocenters. The molecule has 0 aliphatic heterocycles. The van der Waals surface area contributed by atoms with Crippen LogP contribution < -0.4 is 15.9 Å². The second-order valence-corrected chi connectivity index (χ2v) is 8.64. The number of aromatic nitrogens is 4. The molecule has 3 aromatic rings. The van der Waals surface area contributed by atoms with Crippen LogP contribution in [0.3, 0.4) is 0 Å². The molecule has 3 N–H and O–H groups in total. The van der Waals surface area contributed by atoms with Crippen LogP contribution in [0.2, 0.25) is 0 Å². The van der Waals surface area contributed by atoms with Gasteiger partial charge < -0.3 is 15.1 Å². The minimum atomic E-state index is -0.472. The summed E-state index contributed by atoms with van der Waals surface area (Å²) in [6.45, 7) is 9.94. The smallest absolute Gasteiger partial charge is 0.240 e. The van der Waals surface area contributed by atoms with Crippen LogP contribution in [0.4, 0.5) is 5.88 Å².